The Bertz CT molecular complexity index is 245. The number of nitrogens with one attached hydrogen (secondary N) is 1. The van der Waals surface area contributed by atoms with Crippen molar-refractivity contribution in [2.45, 2.75) is 33.2 Å². The average molecular weight is 180 g/mol. The SMILES string of the molecule is CC(C)(C#N)CN=NC(C)(C)C=N. The van der Waals surface area contributed by atoms with Gasteiger partial charge in [0.1, 0.15) is 5.54 Å². The lowest BCUT2D eigenvalue weighted by Crippen LogP contribution is -2.18. The standard InChI is InChI=1S/C9H16N4/c1-8(2,5-10)7-12-13-9(3,4)6-11/h6,11H,7H2,1-4H3. The van der Waals surface area contributed by atoms with E-state index in [4.69, 9.17) is 10.7 Å². The highest BCUT2D eigenvalue weighted by molar-refractivity contribution is 5.65. The van der Waals surface area contributed by atoms with Crippen molar-refractivity contribution in [3.8, 4) is 6.07 Å². The number of nitriles is 1. The zero-order valence-electron chi connectivity index (χ0n) is 8.63. The van der Waals surface area contributed by atoms with E-state index in [0.29, 0.717) is 6.54 Å². The summed E-state index contributed by atoms with van der Waals surface area (Å²) in [6.07, 6.45) is 1.23. The van der Waals surface area contributed by atoms with E-state index in [0.717, 1.165) is 0 Å². The van der Waals surface area contributed by atoms with Crippen LogP contribution < -0.4 is 0 Å². The van der Waals surface area contributed by atoms with E-state index < -0.39 is 11.0 Å². The fraction of sp³-hybridized carbons (Fsp3) is 0.778. The molecule has 0 rings (SSSR count). The van der Waals surface area contributed by atoms with Crippen molar-refractivity contribution in [3.63, 3.8) is 0 Å². The Labute approximate surface area is 79.2 Å². The second-order valence-electron chi connectivity index (χ2n) is 4.19. The van der Waals surface area contributed by atoms with E-state index in [1.54, 1.807) is 13.8 Å². The molecule has 0 saturated heterocycles. The molecule has 0 atom stereocenters. The maximum atomic E-state index is 8.68. The van der Waals surface area contributed by atoms with Crippen LogP contribution in [0.2, 0.25) is 0 Å². The van der Waals surface area contributed by atoms with Crippen LogP contribution in [0.3, 0.4) is 0 Å². The third kappa shape index (κ3) is 5.07. The molecule has 0 saturated carbocycles. The first-order chi connectivity index (χ1) is 5.83. The summed E-state index contributed by atoms with van der Waals surface area (Å²) in [5, 5.41) is 23.6. The highest BCUT2D eigenvalue weighted by Crippen LogP contribution is 2.14. The maximum absolute atomic E-state index is 8.68. The lowest BCUT2D eigenvalue weighted by Gasteiger charge is -2.13. The predicted molar refractivity (Wildman–Crippen MR) is 52.0 cm³/mol. The van der Waals surface area contributed by atoms with E-state index in [1.807, 2.05) is 13.8 Å². The van der Waals surface area contributed by atoms with Crippen LogP contribution in [0.15, 0.2) is 10.2 Å². The van der Waals surface area contributed by atoms with Gasteiger partial charge in [-0.2, -0.15) is 15.5 Å². The van der Waals surface area contributed by atoms with Gasteiger partial charge in [0.05, 0.1) is 18.0 Å². The zero-order valence-corrected chi connectivity index (χ0v) is 8.63. The van der Waals surface area contributed by atoms with Gasteiger partial charge in [-0.15, -0.1) is 0 Å². The molecule has 0 fully saturated rings. The summed E-state index contributed by atoms with van der Waals surface area (Å²) in [7, 11) is 0. The van der Waals surface area contributed by atoms with Gasteiger partial charge in [-0.05, 0) is 27.7 Å². The van der Waals surface area contributed by atoms with Gasteiger partial charge in [-0.3, -0.25) is 0 Å². The van der Waals surface area contributed by atoms with Crippen molar-refractivity contribution in [3.05, 3.63) is 0 Å². The molecule has 0 amide bonds. The Kier molecular flexibility index (Phi) is 3.73. The molecule has 0 unspecified atom stereocenters. The molecular weight excluding hydrogens is 164 g/mol. The number of hydrogen-bond acceptors (Lipinski definition) is 4. The van der Waals surface area contributed by atoms with Crippen LogP contribution >= 0.6 is 0 Å². The van der Waals surface area contributed by atoms with Crippen LogP contribution in [-0.2, 0) is 0 Å². The van der Waals surface area contributed by atoms with Gasteiger partial charge < -0.3 is 5.41 Å². The van der Waals surface area contributed by atoms with Gasteiger partial charge in [0.15, 0.2) is 0 Å². The van der Waals surface area contributed by atoms with Crippen molar-refractivity contribution < 1.29 is 0 Å². The van der Waals surface area contributed by atoms with Crippen LogP contribution in [-0.4, -0.2) is 18.3 Å². The molecule has 0 aromatic rings. The van der Waals surface area contributed by atoms with Gasteiger partial charge >= 0.3 is 0 Å². The Morgan fingerprint density at radius 1 is 1.38 bits per heavy atom. The molecule has 0 aliphatic rings. The molecule has 0 aliphatic heterocycles. The zero-order chi connectivity index (χ0) is 10.5. The fourth-order valence-corrected chi connectivity index (χ4v) is 0.459. The van der Waals surface area contributed by atoms with Crippen molar-refractivity contribution in [1.29, 1.82) is 10.7 Å². The van der Waals surface area contributed by atoms with Gasteiger partial charge in [-0.1, -0.05) is 0 Å². The third-order valence-electron chi connectivity index (χ3n) is 1.45. The molecule has 4 nitrogen and oxygen atoms in total. The minimum Gasteiger partial charge on any atom is -0.311 e. The molecule has 0 aromatic carbocycles. The molecule has 4 heteroatoms. The first kappa shape index (κ1) is 11.8. The van der Waals surface area contributed by atoms with Crippen LogP contribution in [0.1, 0.15) is 27.7 Å². The molecule has 72 valence electrons. The second-order valence-corrected chi connectivity index (χ2v) is 4.19. The van der Waals surface area contributed by atoms with Crippen molar-refractivity contribution in [2.75, 3.05) is 6.54 Å². The van der Waals surface area contributed by atoms with Gasteiger partial charge in [0.25, 0.3) is 0 Å². The molecular formula is C9H16N4. The summed E-state index contributed by atoms with van der Waals surface area (Å²) in [4.78, 5) is 0. The smallest absolute Gasteiger partial charge is 0.110 e. The largest absolute Gasteiger partial charge is 0.311 e. The molecule has 0 aromatic heterocycles. The monoisotopic (exact) mass is 180 g/mol. The molecule has 0 spiro atoms. The topological polar surface area (TPSA) is 72.4 Å². The van der Waals surface area contributed by atoms with E-state index in [9.17, 15) is 0 Å². The Balaban J connectivity index is 4.19. The number of rotatable bonds is 4. The van der Waals surface area contributed by atoms with Crippen LogP contribution in [0.25, 0.3) is 0 Å². The summed E-state index contributed by atoms with van der Waals surface area (Å²) in [5.41, 5.74) is -1.02. The molecule has 0 bridgehead atoms. The lowest BCUT2D eigenvalue weighted by molar-refractivity contribution is 0.486. The van der Waals surface area contributed by atoms with E-state index in [-0.39, 0.29) is 0 Å². The first-order valence-electron chi connectivity index (χ1n) is 4.14. The molecule has 13 heavy (non-hydrogen) atoms. The summed E-state index contributed by atoms with van der Waals surface area (Å²) in [6.45, 7) is 7.58. The number of hydrogen-bond donors (Lipinski definition) is 1. The van der Waals surface area contributed by atoms with Gasteiger partial charge in [0, 0.05) is 6.21 Å². The van der Waals surface area contributed by atoms with Gasteiger partial charge in [0.2, 0.25) is 0 Å². The van der Waals surface area contributed by atoms with Crippen LogP contribution in [0.4, 0.5) is 0 Å². The van der Waals surface area contributed by atoms with Crippen LogP contribution in [0.5, 0.6) is 0 Å². The minimum absolute atomic E-state index is 0.376. The van der Waals surface area contributed by atoms with Crippen molar-refractivity contribution in [1.82, 2.24) is 0 Å². The summed E-state index contributed by atoms with van der Waals surface area (Å²) >= 11 is 0. The van der Waals surface area contributed by atoms with Crippen molar-refractivity contribution in [2.24, 2.45) is 15.6 Å². The Morgan fingerprint density at radius 2 is 1.92 bits per heavy atom. The quantitative estimate of drug-likeness (QED) is 0.523. The highest BCUT2D eigenvalue weighted by Gasteiger charge is 2.17. The van der Waals surface area contributed by atoms with E-state index in [1.165, 1.54) is 6.21 Å². The fourth-order valence-electron chi connectivity index (χ4n) is 0.459. The predicted octanol–water partition coefficient (Wildman–Crippen LogP) is 2.42. The molecule has 0 radical (unpaired) electrons. The van der Waals surface area contributed by atoms with E-state index >= 15 is 0 Å². The van der Waals surface area contributed by atoms with Crippen LogP contribution in [0, 0.1) is 22.2 Å². The van der Waals surface area contributed by atoms with Gasteiger partial charge in [-0.25, -0.2) is 0 Å². The average Bonchev–Trinajstić information content (AvgIpc) is 2.04. The summed E-state index contributed by atoms with van der Waals surface area (Å²) < 4.78 is 0. The maximum Gasteiger partial charge on any atom is 0.110 e. The third-order valence-corrected chi connectivity index (χ3v) is 1.45. The lowest BCUT2D eigenvalue weighted by atomic mass is 9.97. The first-order valence-corrected chi connectivity index (χ1v) is 4.14. The normalized spacial score (nSPS) is 12.8. The highest BCUT2D eigenvalue weighted by atomic mass is 15.1. The number of azo groups is 1. The van der Waals surface area contributed by atoms with Crippen molar-refractivity contribution >= 4 is 6.21 Å². The number of nitrogens with zero attached hydrogens (tertiary/aromatic N) is 3. The molecule has 0 aliphatic carbocycles. The van der Waals surface area contributed by atoms with E-state index in [2.05, 4.69) is 16.3 Å². The Morgan fingerprint density at radius 3 is 2.31 bits per heavy atom. The molecule has 1 N–H and O–H groups in total. The molecule has 0 heterocycles. The Hall–Kier alpha value is -1.24. The summed E-state index contributed by atoms with van der Waals surface area (Å²) in [5.74, 6) is 0. The second kappa shape index (κ2) is 4.13. The summed E-state index contributed by atoms with van der Waals surface area (Å²) in [6, 6.07) is 2.13. The minimum atomic E-state index is -0.550.